The number of rotatable bonds is 10. The van der Waals surface area contributed by atoms with Gasteiger partial charge in [-0.25, -0.2) is 4.39 Å². The molecule has 2 heterocycles. The summed E-state index contributed by atoms with van der Waals surface area (Å²) < 4.78 is 26.4. The fraction of sp³-hybridized carbons (Fsp3) is 0.471. The third kappa shape index (κ3) is 5.78. The maximum atomic E-state index is 15.0. The standard InChI is InChI=1S/C34H41FN2O3/c1-22(17-23-3-14-34(32(35)18-23)40-16-15-37-27-7-8-28(37)10-9-27)36-33-21-30(39-2)12-13-31(33)26-5-4-25-20-29(38)11-6-24(25)19-26/h3,6,11-14,18,20-22,26-28,36,38H,4-5,7-10,15-17,19H2,1-2H3. The highest BCUT2D eigenvalue weighted by Gasteiger charge is 2.38. The van der Waals surface area contributed by atoms with Crippen LogP contribution in [0, 0.1) is 5.82 Å². The normalized spacial score (nSPS) is 22.6. The van der Waals surface area contributed by atoms with Crippen LogP contribution < -0.4 is 14.8 Å². The van der Waals surface area contributed by atoms with Gasteiger partial charge in [0, 0.05) is 36.4 Å². The maximum absolute atomic E-state index is 15.0. The summed E-state index contributed by atoms with van der Waals surface area (Å²) in [6.07, 6.45) is 8.82. The molecule has 40 heavy (non-hydrogen) atoms. The molecule has 6 heteroatoms. The van der Waals surface area contributed by atoms with E-state index in [4.69, 9.17) is 9.47 Å². The van der Waals surface area contributed by atoms with E-state index in [1.54, 1.807) is 25.3 Å². The maximum Gasteiger partial charge on any atom is 0.165 e. The number of nitrogens with zero attached hydrogens (tertiary/aromatic N) is 1. The Balaban J connectivity index is 1.09. The second-order valence-electron chi connectivity index (χ2n) is 11.9. The predicted octanol–water partition coefficient (Wildman–Crippen LogP) is 6.86. The molecule has 0 saturated carbocycles. The lowest BCUT2D eigenvalue weighted by Crippen LogP contribution is -2.32. The lowest BCUT2D eigenvalue weighted by molar-refractivity contribution is 0.190. The van der Waals surface area contributed by atoms with Crippen LogP contribution in [0.1, 0.15) is 67.2 Å². The van der Waals surface area contributed by atoms with E-state index in [9.17, 15) is 9.50 Å². The molecule has 212 valence electrons. The number of hydrogen-bond donors (Lipinski definition) is 2. The Morgan fingerprint density at radius 2 is 1.77 bits per heavy atom. The largest absolute Gasteiger partial charge is 0.508 e. The third-order valence-electron chi connectivity index (χ3n) is 9.27. The van der Waals surface area contributed by atoms with Crippen molar-refractivity contribution < 1.29 is 19.0 Å². The van der Waals surface area contributed by atoms with Crippen molar-refractivity contribution in [3.8, 4) is 17.2 Å². The molecule has 6 rings (SSSR count). The quantitative estimate of drug-likeness (QED) is 0.292. The Labute approximate surface area is 237 Å². The summed E-state index contributed by atoms with van der Waals surface area (Å²) in [4.78, 5) is 2.56. The topological polar surface area (TPSA) is 54.0 Å². The first kappa shape index (κ1) is 26.9. The average molecular weight is 545 g/mol. The van der Waals surface area contributed by atoms with E-state index in [0.29, 0.717) is 42.5 Å². The van der Waals surface area contributed by atoms with Gasteiger partial charge in [0.05, 0.1) is 7.11 Å². The molecule has 1 aliphatic carbocycles. The van der Waals surface area contributed by atoms with Crippen molar-refractivity contribution in [2.45, 2.75) is 82.3 Å². The van der Waals surface area contributed by atoms with Gasteiger partial charge in [-0.05, 0) is 117 Å². The summed E-state index contributed by atoms with van der Waals surface area (Å²) >= 11 is 0. The smallest absolute Gasteiger partial charge is 0.165 e. The second kappa shape index (κ2) is 11.7. The Hall–Kier alpha value is -3.25. The molecule has 0 radical (unpaired) electrons. The minimum atomic E-state index is -0.289. The number of hydrogen-bond acceptors (Lipinski definition) is 5. The van der Waals surface area contributed by atoms with Gasteiger partial charge in [0.2, 0.25) is 0 Å². The number of ether oxygens (including phenoxy) is 2. The van der Waals surface area contributed by atoms with Gasteiger partial charge in [-0.3, -0.25) is 4.90 Å². The Morgan fingerprint density at radius 3 is 2.52 bits per heavy atom. The fourth-order valence-electron chi connectivity index (χ4n) is 7.25. The molecule has 2 aliphatic heterocycles. The first-order valence-corrected chi connectivity index (χ1v) is 14.9. The number of fused-ring (bicyclic) bond motifs is 3. The van der Waals surface area contributed by atoms with Crippen LogP contribution in [-0.2, 0) is 19.3 Å². The number of benzene rings is 3. The van der Waals surface area contributed by atoms with Crippen molar-refractivity contribution in [2.75, 3.05) is 25.6 Å². The zero-order valence-electron chi connectivity index (χ0n) is 23.7. The van der Waals surface area contributed by atoms with E-state index in [-0.39, 0.29) is 11.9 Å². The van der Waals surface area contributed by atoms with Crippen molar-refractivity contribution in [3.63, 3.8) is 0 Å². The summed E-state index contributed by atoms with van der Waals surface area (Å²) in [5.41, 5.74) is 5.82. The van der Waals surface area contributed by atoms with Crippen LogP contribution in [0.15, 0.2) is 54.6 Å². The lowest BCUT2D eigenvalue weighted by Gasteiger charge is -2.28. The Kier molecular flexibility index (Phi) is 7.88. The van der Waals surface area contributed by atoms with Crippen molar-refractivity contribution in [2.24, 2.45) is 0 Å². The molecular weight excluding hydrogens is 503 g/mol. The molecule has 2 fully saturated rings. The Morgan fingerprint density at radius 1 is 0.975 bits per heavy atom. The van der Waals surface area contributed by atoms with Crippen LogP contribution >= 0.6 is 0 Å². The first-order chi connectivity index (χ1) is 19.5. The molecule has 5 nitrogen and oxygen atoms in total. The minimum Gasteiger partial charge on any atom is -0.508 e. The van der Waals surface area contributed by atoms with E-state index >= 15 is 0 Å². The highest BCUT2D eigenvalue weighted by molar-refractivity contribution is 5.58. The van der Waals surface area contributed by atoms with E-state index in [0.717, 1.165) is 42.8 Å². The van der Waals surface area contributed by atoms with Crippen LogP contribution in [0.5, 0.6) is 17.2 Å². The molecule has 2 unspecified atom stereocenters. The number of nitrogens with one attached hydrogen (secondary N) is 1. The summed E-state index contributed by atoms with van der Waals surface area (Å²) in [6.45, 7) is 3.55. The van der Waals surface area contributed by atoms with Crippen molar-refractivity contribution in [1.82, 2.24) is 4.90 Å². The van der Waals surface area contributed by atoms with Gasteiger partial charge in [0.25, 0.3) is 0 Å². The van der Waals surface area contributed by atoms with Crippen molar-refractivity contribution >= 4 is 5.69 Å². The summed E-state index contributed by atoms with van der Waals surface area (Å²) in [5.74, 6) is 1.58. The molecule has 0 spiro atoms. The summed E-state index contributed by atoms with van der Waals surface area (Å²) in [5, 5.41) is 13.6. The van der Waals surface area contributed by atoms with Crippen LogP contribution in [-0.4, -0.2) is 48.4 Å². The Bertz CT molecular complexity index is 1320. The van der Waals surface area contributed by atoms with E-state index < -0.39 is 0 Å². The highest BCUT2D eigenvalue weighted by Crippen LogP contribution is 2.39. The van der Waals surface area contributed by atoms with Crippen LogP contribution in [0.3, 0.4) is 0 Å². The van der Waals surface area contributed by atoms with Gasteiger partial charge in [0.1, 0.15) is 18.1 Å². The van der Waals surface area contributed by atoms with Gasteiger partial charge in [-0.1, -0.05) is 18.2 Å². The zero-order valence-corrected chi connectivity index (χ0v) is 23.7. The monoisotopic (exact) mass is 544 g/mol. The molecule has 2 N–H and O–H groups in total. The molecule has 2 bridgehead atoms. The number of phenols is 1. The van der Waals surface area contributed by atoms with Gasteiger partial charge < -0.3 is 19.9 Å². The number of aryl methyl sites for hydroxylation is 1. The van der Waals surface area contributed by atoms with Crippen molar-refractivity contribution in [1.29, 1.82) is 0 Å². The fourth-order valence-corrected chi connectivity index (χ4v) is 7.25. The van der Waals surface area contributed by atoms with Crippen LogP contribution in [0.2, 0.25) is 0 Å². The average Bonchev–Trinajstić information content (AvgIpc) is 3.53. The second-order valence-corrected chi connectivity index (χ2v) is 11.9. The molecule has 0 amide bonds. The van der Waals surface area contributed by atoms with Gasteiger partial charge in [-0.2, -0.15) is 0 Å². The van der Waals surface area contributed by atoms with E-state index in [1.165, 1.54) is 42.4 Å². The van der Waals surface area contributed by atoms with Gasteiger partial charge >= 0.3 is 0 Å². The molecule has 2 saturated heterocycles. The summed E-state index contributed by atoms with van der Waals surface area (Å²) in [6, 6.07) is 18.9. The number of aromatic hydroxyl groups is 1. The number of phenolic OH excluding ortho intramolecular Hbond substituents is 1. The highest BCUT2D eigenvalue weighted by atomic mass is 19.1. The first-order valence-electron chi connectivity index (χ1n) is 14.9. The van der Waals surface area contributed by atoms with Crippen LogP contribution in [0.4, 0.5) is 10.1 Å². The van der Waals surface area contributed by atoms with Crippen LogP contribution in [0.25, 0.3) is 0 Å². The molecule has 0 aromatic heterocycles. The number of anilines is 1. The van der Waals surface area contributed by atoms with E-state index in [1.807, 2.05) is 24.3 Å². The molecule has 3 aliphatic rings. The molecule has 3 aromatic carbocycles. The summed E-state index contributed by atoms with van der Waals surface area (Å²) in [7, 11) is 1.69. The predicted molar refractivity (Wildman–Crippen MR) is 157 cm³/mol. The minimum absolute atomic E-state index is 0.0930. The number of methoxy groups -OCH3 is 1. The van der Waals surface area contributed by atoms with Gasteiger partial charge in [0.15, 0.2) is 11.6 Å². The van der Waals surface area contributed by atoms with Gasteiger partial charge in [-0.15, -0.1) is 0 Å². The van der Waals surface area contributed by atoms with E-state index in [2.05, 4.69) is 29.3 Å². The molecule has 2 atom stereocenters. The molecule has 3 aromatic rings. The zero-order chi connectivity index (χ0) is 27.6. The SMILES string of the molecule is COc1ccc(C2CCc3cc(O)ccc3C2)c(NC(C)Cc2ccc(OCCN3C4CCC3CC4)c(F)c2)c1. The lowest BCUT2D eigenvalue weighted by atomic mass is 9.79. The third-order valence-corrected chi connectivity index (χ3v) is 9.27. The van der Waals surface area contributed by atoms with Crippen molar-refractivity contribution in [3.05, 3.63) is 82.7 Å². The molecular formula is C34H41FN2O3. The number of halogens is 1.